The second kappa shape index (κ2) is 12.4. The number of likely N-dealkylation sites (tertiary alicyclic amines) is 2. The maximum Gasteiger partial charge on any atom is 0.339 e. The number of ether oxygens (including phenoxy) is 3. The first-order valence-corrected chi connectivity index (χ1v) is 16.6. The van der Waals surface area contributed by atoms with E-state index in [4.69, 9.17) is 14.2 Å². The molecule has 0 aromatic heterocycles. The minimum atomic E-state index is -2.41. The fourth-order valence-electron chi connectivity index (χ4n) is 8.26. The zero-order valence-corrected chi connectivity index (χ0v) is 30.7. The monoisotopic (exact) mass is 637 g/mol. The molecule has 0 aromatic carbocycles. The van der Waals surface area contributed by atoms with Crippen molar-refractivity contribution < 1.29 is 33.7 Å². The van der Waals surface area contributed by atoms with E-state index in [1.807, 2.05) is 13.8 Å². The number of esters is 3. The first kappa shape index (κ1) is 37.7. The molecule has 0 saturated carbocycles. The summed E-state index contributed by atoms with van der Waals surface area (Å²) in [6.07, 6.45) is 1.02. The highest BCUT2D eigenvalue weighted by Crippen LogP contribution is 2.45. The van der Waals surface area contributed by atoms with Crippen molar-refractivity contribution in [1.29, 1.82) is 0 Å². The van der Waals surface area contributed by atoms with Crippen molar-refractivity contribution in [1.82, 2.24) is 15.1 Å². The molecule has 3 rings (SSSR count). The lowest BCUT2D eigenvalue weighted by atomic mass is 9.87. The maximum atomic E-state index is 13.5. The van der Waals surface area contributed by atoms with Gasteiger partial charge in [-0.15, -0.1) is 0 Å². The fraction of sp³-hybridized carbons (Fsp3) is 0.914. The van der Waals surface area contributed by atoms with Crippen LogP contribution in [-0.4, -0.2) is 106 Å². The van der Waals surface area contributed by atoms with Gasteiger partial charge in [-0.1, -0.05) is 0 Å². The minimum Gasteiger partial charge on any atom is -0.465 e. The van der Waals surface area contributed by atoms with Gasteiger partial charge in [0.2, 0.25) is 0 Å². The largest absolute Gasteiger partial charge is 0.465 e. The van der Waals surface area contributed by atoms with Crippen LogP contribution in [0.25, 0.3) is 0 Å². The zero-order valence-electron chi connectivity index (χ0n) is 30.7. The minimum absolute atomic E-state index is 0.0190. The first-order valence-electron chi connectivity index (χ1n) is 16.6. The molecule has 0 radical (unpaired) electrons. The van der Waals surface area contributed by atoms with Crippen molar-refractivity contribution in [2.45, 2.75) is 154 Å². The molecule has 3 aliphatic heterocycles. The van der Waals surface area contributed by atoms with Crippen LogP contribution in [0.3, 0.4) is 0 Å². The van der Waals surface area contributed by atoms with Gasteiger partial charge in [0, 0.05) is 51.0 Å². The number of hydrogen-bond acceptors (Lipinski definition) is 10. The Balaban J connectivity index is 1.71. The third kappa shape index (κ3) is 8.04. The summed E-state index contributed by atoms with van der Waals surface area (Å²) in [6, 6.07) is 0. The smallest absolute Gasteiger partial charge is 0.339 e. The molecule has 3 unspecified atom stereocenters. The van der Waals surface area contributed by atoms with E-state index in [1.54, 1.807) is 0 Å². The molecule has 3 heterocycles. The standard InChI is InChI=1S/C35H63N3O7/c1-29(2)15-23(32(7,8)36-29)20-45-28(41)35(42,18-26(39)43-21-24-16-30(3,4)37(13)33(24,9)10)19-27(40)44-22-25-17-31(5,6)38(14)34(25,11)12/h23-25,36,42H,15-22H2,1-14H3. The fourth-order valence-corrected chi connectivity index (χ4v) is 8.26. The highest BCUT2D eigenvalue weighted by molar-refractivity contribution is 5.90. The van der Waals surface area contributed by atoms with Gasteiger partial charge in [-0.25, -0.2) is 4.79 Å². The van der Waals surface area contributed by atoms with E-state index in [9.17, 15) is 19.5 Å². The Kier molecular flexibility index (Phi) is 10.4. The van der Waals surface area contributed by atoms with Gasteiger partial charge in [-0.2, -0.15) is 0 Å². The second-order valence-electron chi connectivity index (χ2n) is 17.8. The topological polar surface area (TPSA) is 118 Å². The van der Waals surface area contributed by atoms with Crippen LogP contribution >= 0.6 is 0 Å². The predicted molar refractivity (Wildman–Crippen MR) is 175 cm³/mol. The number of rotatable bonds is 11. The van der Waals surface area contributed by atoms with Gasteiger partial charge in [0.1, 0.15) is 0 Å². The Bertz CT molecular complexity index is 1070. The maximum absolute atomic E-state index is 13.5. The molecule has 260 valence electrons. The summed E-state index contributed by atoms with van der Waals surface area (Å²) in [7, 11) is 4.13. The molecule has 0 aliphatic carbocycles. The van der Waals surface area contributed by atoms with Crippen LogP contribution in [0.15, 0.2) is 0 Å². The predicted octanol–water partition coefficient (Wildman–Crippen LogP) is 4.31. The van der Waals surface area contributed by atoms with Gasteiger partial charge in [-0.05, 0) is 116 Å². The second-order valence-corrected chi connectivity index (χ2v) is 17.8. The summed E-state index contributed by atoms with van der Waals surface area (Å²) < 4.78 is 17.0. The summed E-state index contributed by atoms with van der Waals surface area (Å²) in [5.41, 5.74) is -3.41. The molecular weight excluding hydrogens is 574 g/mol. The van der Waals surface area contributed by atoms with Crippen LogP contribution in [0.1, 0.15) is 115 Å². The molecule has 10 nitrogen and oxygen atoms in total. The van der Waals surface area contributed by atoms with Crippen LogP contribution in [-0.2, 0) is 28.6 Å². The van der Waals surface area contributed by atoms with Crippen LogP contribution in [0.2, 0.25) is 0 Å². The SMILES string of the molecule is CN1C(C)(C)CC(COC(=O)CC(O)(CC(=O)OCC2CC(C)(C)N(C)C2(C)C)C(=O)OCC2CC(C)(C)NC2(C)C)C1(C)C. The molecule has 3 aliphatic rings. The molecular formula is C35H63N3O7. The first-order chi connectivity index (χ1) is 20.2. The van der Waals surface area contributed by atoms with Gasteiger partial charge >= 0.3 is 17.9 Å². The van der Waals surface area contributed by atoms with Gasteiger partial charge in [0.15, 0.2) is 5.60 Å². The van der Waals surface area contributed by atoms with Crippen molar-refractivity contribution in [3.63, 3.8) is 0 Å². The lowest BCUT2D eigenvalue weighted by Crippen LogP contribution is -2.48. The molecule has 3 fully saturated rings. The zero-order chi connectivity index (χ0) is 34.6. The average molecular weight is 638 g/mol. The van der Waals surface area contributed by atoms with Crippen LogP contribution in [0, 0.1) is 17.8 Å². The number of nitrogens with one attached hydrogen (secondary N) is 1. The Morgan fingerprint density at radius 3 is 1.36 bits per heavy atom. The van der Waals surface area contributed by atoms with E-state index in [1.165, 1.54) is 0 Å². The molecule has 0 aromatic rings. The van der Waals surface area contributed by atoms with Crippen LogP contribution in [0.5, 0.6) is 0 Å². The van der Waals surface area contributed by atoms with E-state index >= 15 is 0 Å². The molecule has 45 heavy (non-hydrogen) atoms. The molecule has 0 spiro atoms. The van der Waals surface area contributed by atoms with E-state index in [0.29, 0.717) is 0 Å². The summed E-state index contributed by atoms with van der Waals surface area (Å²) in [5.74, 6) is -2.42. The third-order valence-corrected chi connectivity index (χ3v) is 12.0. The number of carbonyl (C=O) groups excluding carboxylic acids is 3. The number of aliphatic hydroxyl groups is 1. The lowest BCUT2D eigenvalue weighted by Gasteiger charge is -2.38. The van der Waals surface area contributed by atoms with Crippen LogP contribution in [0.4, 0.5) is 0 Å². The van der Waals surface area contributed by atoms with Crippen molar-refractivity contribution in [3.05, 3.63) is 0 Å². The third-order valence-electron chi connectivity index (χ3n) is 12.0. The van der Waals surface area contributed by atoms with Gasteiger partial charge in [0.25, 0.3) is 0 Å². The molecule has 2 N–H and O–H groups in total. The van der Waals surface area contributed by atoms with Crippen molar-refractivity contribution >= 4 is 17.9 Å². The van der Waals surface area contributed by atoms with Gasteiger partial charge in [0.05, 0.1) is 32.7 Å². The normalized spacial score (nSPS) is 30.9. The highest BCUT2D eigenvalue weighted by Gasteiger charge is 2.52. The Morgan fingerprint density at radius 2 is 1.04 bits per heavy atom. The molecule has 0 bridgehead atoms. The van der Waals surface area contributed by atoms with Crippen LogP contribution < -0.4 is 5.32 Å². The molecule has 3 saturated heterocycles. The van der Waals surface area contributed by atoms with Gasteiger partial charge in [-0.3, -0.25) is 19.4 Å². The average Bonchev–Trinajstić information content (AvgIpc) is 3.27. The Hall–Kier alpha value is -1.75. The summed E-state index contributed by atoms with van der Waals surface area (Å²) in [5, 5.41) is 15.2. The van der Waals surface area contributed by atoms with Crippen molar-refractivity contribution in [3.8, 4) is 0 Å². The Morgan fingerprint density at radius 1 is 0.667 bits per heavy atom. The van der Waals surface area contributed by atoms with E-state index in [2.05, 4.69) is 98.4 Å². The highest BCUT2D eigenvalue weighted by atomic mass is 16.6. The molecule has 3 atom stereocenters. The number of nitrogens with zero attached hydrogens (tertiary/aromatic N) is 2. The molecule has 0 amide bonds. The summed E-state index contributed by atoms with van der Waals surface area (Å²) in [4.78, 5) is 44.5. The summed E-state index contributed by atoms with van der Waals surface area (Å²) in [6.45, 7) is 25.7. The van der Waals surface area contributed by atoms with Crippen molar-refractivity contribution in [2.75, 3.05) is 33.9 Å². The summed E-state index contributed by atoms with van der Waals surface area (Å²) >= 11 is 0. The Labute approximate surface area is 272 Å². The van der Waals surface area contributed by atoms with Gasteiger partial charge < -0.3 is 24.6 Å². The van der Waals surface area contributed by atoms with E-state index in [0.717, 1.165) is 19.3 Å². The number of carbonyl (C=O) groups is 3. The quantitative estimate of drug-likeness (QED) is 0.251. The van der Waals surface area contributed by atoms with E-state index < -0.39 is 36.4 Å². The lowest BCUT2D eigenvalue weighted by molar-refractivity contribution is -0.180. The molecule has 10 heteroatoms. The number of hydrogen-bond donors (Lipinski definition) is 2. The van der Waals surface area contributed by atoms with E-state index in [-0.39, 0.29) is 70.8 Å². The van der Waals surface area contributed by atoms with Crippen molar-refractivity contribution in [2.24, 2.45) is 17.8 Å².